The first-order chi connectivity index (χ1) is 20.2. The zero-order chi connectivity index (χ0) is 29.9. The number of carbonyl (C=O) groups is 1. The van der Waals surface area contributed by atoms with Crippen molar-refractivity contribution in [3.63, 3.8) is 0 Å². The fraction of sp³-hybridized carbons (Fsp3) is 0.923. The van der Waals surface area contributed by atoms with Gasteiger partial charge in [0.25, 0.3) is 0 Å². The van der Waals surface area contributed by atoms with Crippen molar-refractivity contribution >= 4 is 5.97 Å². The lowest BCUT2D eigenvalue weighted by molar-refractivity contribution is -0.143. The Balaban J connectivity index is 3.19. The molecule has 0 saturated carbocycles. The summed E-state index contributed by atoms with van der Waals surface area (Å²) < 4.78 is 5.45. The molecular weight excluding hydrogens is 500 g/mol. The molecule has 0 aromatic carbocycles. The van der Waals surface area contributed by atoms with Crippen molar-refractivity contribution in [3.05, 3.63) is 12.2 Å². The van der Waals surface area contributed by atoms with E-state index in [1.54, 1.807) is 0 Å². The van der Waals surface area contributed by atoms with E-state index in [9.17, 15) is 4.79 Å². The van der Waals surface area contributed by atoms with E-state index in [-0.39, 0.29) is 5.97 Å². The van der Waals surface area contributed by atoms with Crippen LogP contribution in [0.15, 0.2) is 12.2 Å². The molecule has 1 unspecified atom stereocenters. The molecule has 0 N–H and O–H groups in total. The summed E-state index contributed by atoms with van der Waals surface area (Å²) in [5.74, 6) is 0.940. The summed E-state index contributed by atoms with van der Waals surface area (Å²) in [5.41, 5.74) is 0. The number of rotatable bonds is 34. The number of hydrogen-bond donors (Lipinski definition) is 0. The van der Waals surface area contributed by atoms with Crippen LogP contribution in [0.25, 0.3) is 0 Å². The van der Waals surface area contributed by atoms with Gasteiger partial charge in [0.2, 0.25) is 0 Å². The lowest BCUT2D eigenvalue weighted by Gasteiger charge is -2.07. The van der Waals surface area contributed by atoms with Crippen LogP contribution in [0.1, 0.15) is 220 Å². The standard InChI is InChI=1S/C39H76O2/c1-4-6-7-8-9-10-11-12-13-14-15-16-17-18-21-24-27-30-33-36-39(40)41-37-34-31-28-25-22-19-20-23-26-29-32-35-38(3)5-2/h12-13,38H,4-11,14-37H2,1-3H3. The molecule has 0 aromatic heterocycles. The SMILES string of the molecule is CCCCCCCCC=CCCCCCCCCCCCC(=O)OCCCCCCCCCCCCCC(C)CC. The molecule has 2 nitrogen and oxygen atoms in total. The van der Waals surface area contributed by atoms with E-state index in [0.29, 0.717) is 13.0 Å². The van der Waals surface area contributed by atoms with Gasteiger partial charge in [0, 0.05) is 6.42 Å². The Morgan fingerprint density at radius 2 is 0.902 bits per heavy atom. The first-order valence-electron chi connectivity index (χ1n) is 19.0. The van der Waals surface area contributed by atoms with Gasteiger partial charge in [-0.3, -0.25) is 4.79 Å². The number of allylic oxidation sites excluding steroid dienone is 2. The maximum Gasteiger partial charge on any atom is 0.305 e. The molecule has 0 rings (SSSR count). The minimum atomic E-state index is 0.0233. The predicted molar refractivity (Wildman–Crippen MR) is 184 cm³/mol. The Kier molecular flexibility index (Phi) is 34.7. The molecule has 2 heteroatoms. The van der Waals surface area contributed by atoms with Crippen molar-refractivity contribution in [2.75, 3.05) is 6.61 Å². The molecule has 0 spiro atoms. The molecule has 0 aliphatic rings. The van der Waals surface area contributed by atoms with Crippen molar-refractivity contribution in [1.82, 2.24) is 0 Å². The third-order valence-electron chi connectivity index (χ3n) is 8.94. The highest BCUT2D eigenvalue weighted by atomic mass is 16.5. The van der Waals surface area contributed by atoms with Crippen LogP contribution in [-0.4, -0.2) is 12.6 Å². The van der Waals surface area contributed by atoms with Crippen LogP contribution in [0, 0.1) is 5.92 Å². The molecule has 0 bridgehead atoms. The van der Waals surface area contributed by atoms with E-state index in [4.69, 9.17) is 4.74 Å². The largest absolute Gasteiger partial charge is 0.466 e. The van der Waals surface area contributed by atoms with Gasteiger partial charge in [-0.15, -0.1) is 0 Å². The lowest BCUT2D eigenvalue weighted by Crippen LogP contribution is -2.05. The molecule has 1 atom stereocenters. The zero-order valence-corrected chi connectivity index (χ0v) is 28.7. The summed E-state index contributed by atoms with van der Waals surface area (Å²) in [6.07, 6.45) is 45.6. The van der Waals surface area contributed by atoms with E-state index in [1.807, 2.05) is 0 Å². The van der Waals surface area contributed by atoms with Crippen LogP contribution in [0.3, 0.4) is 0 Å². The highest BCUT2D eigenvalue weighted by molar-refractivity contribution is 5.69. The second-order valence-electron chi connectivity index (χ2n) is 13.2. The Morgan fingerprint density at radius 1 is 0.512 bits per heavy atom. The summed E-state index contributed by atoms with van der Waals surface area (Å²) in [6.45, 7) is 7.60. The summed E-state index contributed by atoms with van der Waals surface area (Å²) in [4.78, 5) is 11.9. The molecule has 0 heterocycles. The molecule has 0 saturated heterocycles. The summed E-state index contributed by atoms with van der Waals surface area (Å²) in [5, 5.41) is 0. The van der Waals surface area contributed by atoms with Gasteiger partial charge in [-0.25, -0.2) is 0 Å². The fourth-order valence-electron chi connectivity index (χ4n) is 5.70. The zero-order valence-electron chi connectivity index (χ0n) is 28.7. The van der Waals surface area contributed by atoms with E-state index in [0.717, 1.165) is 18.8 Å². The monoisotopic (exact) mass is 577 g/mol. The smallest absolute Gasteiger partial charge is 0.305 e. The quantitative estimate of drug-likeness (QED) is 0.0432. The van der Waals surface area contributed by atoms with Crippen molar-refractivity contribution < 1.29 is 9.53 Å². The van der Waals surface area contributed by atoms with Crippen LogP contribution in [0.5, 0.6) is 0 Å². The van der Waals surface area contributed by atoms with Crippen LogP contribution in [0.2, 0.25) is 0 Å². The molecule has 0 amide bonds. The van der Waals surface area contributed by atoms with Crippen molar-refractivity contribution in [1.29, 1.82) is 0 Å². The van der Waals surface area contributed by atoms with Crippen LogP contribution in [-0.2, 0) is 9.53 Å². The van der Waals surface area contributed by atoms with Crippen molar-refractivity contribution in [2.45, 2.75) is 220 Å². The maximum atomic E-state index is 11.9. The van der Waals surface area contributed by atoms with E-state index < -0.39 is 0 Å². The van der Waals surface area contributed by atoms with Gasteiger partial charge in [-0.1, -0.05) is 187 Å². The van der Waals surface area contributed by atoms with Gasteiger partial charge >= 0.3 is 5.97 Å². The van der Waals surface area contributed by atoms with Crippen LogP contribution >= 0.6 is 0 Å². The first-order valence-corrected chi connectivity index (χ1v) is 19.0. The van der Waals surface area contributed by atoms with Crippen LogP contribution < -0.4 is 0 Å². The molecule has 0 radical (unpaired) electrons. The third kappa shape index (κ3) is 35.3. The predicted octanol–water partition coefficient (Wildman–Crippen LogP) is 13.9. The van der Waals surface area contributed by atoms with Gasteiger partial charge < -0.3 is 4.74 Å². The Labute approximate surface area is 259 Å². The fourth-order valence-corrected chi connectivity index (χ4v) is 5.70. The summed E-state index contributed by atoms with van der Waals surface area (Å²) in [6, 6.07) is 0. The average Bonchev–Trinajstić information content (AvgIpc) is 2.98. The highest BCUT2D eigenvalue weighted by Crippen LogP contribution is 2.16. The second-order valence-corrected chi connectivity index (χ2v) is 13.2. The minimum Gasteiger partial charge on any atom is -0.466 e. The Hall–Kier alpha value is -0.790. The average molecular weight is 577 g/mol. The molecule has 0 aliphatic carbocycles. The Morgan fingerprint density at radius 3 is 1.37 bits per heavy atom. The highest BCUT2D eigenvalue weighted by Gasteiger charge is 2.03. The summed E-state index contributed by atoms with van der Waals surface area (Å²) in [7, 11) is 0. The molecule has 41 heavy (non-hydrogen) atoms. The number of hydrogen-bond acceptors (Lipinski definition) is 2. The van der Waals surface area contributed by atoms with E-state index in [1.165, 1.54) is 180 Å². The topological polar surface area (TPSA) is 26.3 Å². The van der Waals surface area contributed by atoms with Gasteiger partial charge in [-0.2, -0.15) is 0 Å². The normalized spacial score (nSPS) is 12.4. The molecule has 0 aliphatic heterocycles. The van der Waals surface area contributed by atoms with Gasteiger partial charge in [-0.05, 0) is 44.4 Å². The third-order valence-corrected chi connectivity index (χ3v) is 8.94. The maximum absolute atomic E-state index is 11.9. The lowest BCUT2D eigenvalue weighted by atomic mass is 9.99. The van der Waals surface area contributed by atoms with Crippen molar-refractivity contribution in [2.24, 2.45) is 5.92 Å². The number of ether oxygens (including phenoxy) is 1. The second kappa shape index (κ2) is 35.4. The molecular formula is C39H76O2. The molecule has 0 aromatic rings. The van der Waals surface area contributed by atoms with E-state index >= 15 is 0 Å². The number of unbranched alkanes of at least 4 members (excludes halogenated alkanes) is 25. The van der Waals surface area contributed by atoms with Gasteiger partial charge in [0.1, 0.15) is 0 Å². The molecule has 0 fully saturated rings. The minimum absolute atomic E-state index is 0.0233. The van der Waals surface area contributed by atoms with Gasteiger partial charge in [0.15, 0.2) is 0 Å². The first kappa shape index (κ1) is 40.2. The van der Waals surface area contributed by atoms with Crippen LogP contribution in [0.4, 0.5) is 0 Å². The number of esters is 1. The molecule has 244 valence electrons. The summed E-state index contributed by atoms with van der Waals surface area (Å²) >= 11 is 0. The van der Waals surface area contributed by atoms with Gasteiger partial charge in [0.05, 0.1) is 6.61 Å². The number of carbonyl (C=O) groups excluding carboxylic acids is 1. The van der Waals surface area contributed by atoms with Crippen molar-refractivity contribution in [3.8, 4) is 0 Å². The Bertz CT molecular complexity index is 526. The van der Waals surface area contributed by atoms with E-state index in [2.05, 4.69) is 32.9 Å².